The molecule has 2 aromatic carbocycles. The minimum absolute atomic E-state index is 0.0245. The molecule has 0 spiro atoms. The van der Waals surface area contributed by atoms with Crippen LogP contribution in [0.15, 0.2) is 59.1 Å². The molecule has 0 radical (unpaired) electrons. The van der Waals surface area contributed by atoms with Gasteiger partial charge in [-0.2, -0.15) is 0 Å². The lowest BCUT2D eigenvalue weighted by Gasteiger charge is -2.24. The number of aromatic nitrogens is 1. The summed E-state index contributed by atoms with van der Waals surface area (Å²) in [5.74, 6) is 0.565. The summed E-state index contributed by atoms with van der Waals surface area (Å²) in [5, 5.41) is 5.14. The molecule has 5 nitrogen and oxygen atoms in total. The molecule has 140 valence electrons. The van der Waals surface area contributed by atoms with Gasteiger partial charge in [0.05, 0.1) is 0 Å². The van der Waals surface area contributed by atoms with Crippen LogP contribution in [-0.4, -0.2) is 16.7 Å². The van der Waals surface area contributed by atoms with Crippen molar-refractivity contribution in [2.75, 3.05) is 0 Å². The zero-order valence-electron chi connectivity index (χ0n) is 14.7. The molecule has 27 heavy (non-hydrogen) atoms. The lowest BCUT2D eigenvalue weighted by atomic mass is 10.1. The van der Waals surface area contributed by atoms with Gasteiger partial charge in [0.25, 0.3) is 0 Å². The molecule has 7 heteroatoms. The van der Waals surface area contributed by atoms with Crippen molar-refractivity contribution in [1.82, 2.24) is 5.16 Å². The Balaban J connectivity index is 1.59. The molecule has 1 aromatic heterocycles. The molecule has 1 heterocycles. The van der Waals surface area contributed by atoms with Gasteiger partial charge in [0, 0.05) is 21.7 Å². The number of hydrogen-bond donors (Lipinski definition) is 0. The first-order valence-corrected chi connectivity index (χ1v) is 8.92. The molecule has 0 amide bonds. The minimum atomic E-state index is -1.17. The monoisotopic (exact) mass is 405 g/mol. The van der Waals surface area contributed by atoms with E-state index < -0.39 is 11.6 Å². The van der Waals surface area contributed by atoms with Gasteiger partial charge >= 0.3 is 5.97 Å². The minimum Gasteiger partial charge on any atom is -0.476 e. The topological polar surface area (TPSA) is 61.6 Å². The van der Waals surface area contributed by atoms with Gasteiger partial charge < -0.3 is 14.0 Å². The quantitative estimate of drug-likeness (QED) is 0.503. The Morgan fingerprint density at radius 3 is 2.26 bits per heavy atom. The average Bonchev–Trinajstić information content (AvgIpc) is 3.11. The second-order valence-electron chi connectivity index (χ2n) is 6.33. The van der Waals surface area contributed by atoms with Crippen LogP contribution in [0.3, 0.4) is 0 Å². The predicted octanol–water partition coefficient (Wildman–Crippen LogP) is 5.55. The summed E-state index contributed by atoms with van der Waals surface area (Å²) in [4.78, 5) is 12.4. The summed E-state index contributed by atoms with van der Waals surface area (Å²) in [5.41, 5.74) is 0.155. The fourth-order valence-electron chi connectivity index (χ4n) is 2.28. The Hall–Kier alpha value is -2.50. The number of nitrogens with zero attached hydrogens (tertiary/aromatic N) is 1. The number of hydrogen-bond acceptors (Lipinski definition) is 5. The molecule has 0 saturated carbocycles. The fraction of sp³-hybridized carbons (Fsp3) is 0.200. The van der Waals surface area contributed by atoms with Crippen LogP contribution >= 0.6 is 23.2 Å². The molecule has 3 rings (SSSR count). The highest BCUT2D eigenvalue weighted by Crippen LogP contribution is 2.24. The van der Waals surface area contributed by atoms with Crippen LogP contribution in [-0.2, 0) is 16.1 Å². The van der Waals surface area contributed by atoms with Gasteiger partial charge in [0.15, 0.2) is 11.4 Å². The van der Waals surface area contributed by atoms with Crippen LogP contribution in [0.4, 0.5) is 0 Å². The van der Waals surface area contributed by atoms with Gasteiger partial charge in [-0.15, -0.1) is 0 Å². The molecule has 0 aliphatic heterocycles. The van der Waals surface area contributed by atoms with E-state index in [1.807, 2.05) is 12.1 Å². The van der Waals surface area contributed by atoms with Crippen LogP contribution < -0.4 is 4.74 Å². The second-order valence-corrected chi connectivity index (χ2v) is 7.20. The van der Waals surface area contributed by atoms with Gasteiger partial charge in [-0.3, -0.25) is 0 Å². The van der Waals surface area contributed by atoms with E-state index in [4.69, 9.17) is 37.2 Å². The Morgan fingerprint density at radius 1 is 1.04 bits per heavy atom. The van der Waals surface area contributed by atoms with Crippen molar-refractivity contribution >= 4 is 29.2 Å². The number of carbonyl (C=O) groups is 1. The molecule has 0 aliphatic rings. The zero-order chi connectivity index (χ0) is 19.4. The average molecular weight is 406 g/mol. The highest BCUT2D eigenvalue weighted by Gasteiger charge is 2.32. The largest absolute Gasteiger partial charge is 0.476 e. The molecule has 0 aliphatic carbocycles. The van der Waals surface area contributed by atoms with E-state index >= 15 is 0 Å². The van der Waals surface area contributed by atoms with Gasteiger partial charge in [-0.05, 0) is 62.4 Å². The first kappa shape index (κ1) is 19.3. The summed E-state index contributed by atoms with van der Waals surface area (Å²) >= 11 is 11.7. The standard InChI is InChI=1S/C20H17Cl2NO4/c1-20(2,26-17-9-7-15(22)8-10-17)19(24)25-12-16-11-18(27-23-16)13-3-5-14(21)6-4-13/h3-11H,12H2,1-2H3. The highest BCUT2D eigenvalue weighted by molar-refractivity contribution is 6.30. The van der Waals surface area contributed by atoms with Crippen molar-refractivity contribution in [1.29, 1.82) is 0 Å². The molecule has 0 saturated heterocycles. The van der Waals surface area contributed by atoms with E-state index in [2.05, 4.69) is 5.16 Å². The van der Waals surface area contributed by atoms with Crippen LogP contribution in [0, 0.1) is 0 Å². The number of rotatable bonds is 6. The van der Waals surface area contributed by atoms with Crippen LogP contribution in [0.25, 0.3) is 11.3 Å². The molecular weight excluding hydrogens is 389 g/mol. The van der Waals surface area contributed by atoms with Gasteiger partial charge in [0.1, 0.15) is 18.1 Å². The molecule has 0 unspecified atom stereocenters. The fourth-order valence-corrected chi connectivity index (χ4v) is 2.53. The van der Waals surface area contributed by atoms with Crippen molar-refractivity contribution < 1.29 is 18.8 Å². The first-order chi connectivity index (χ1) is 12.8. The number of benzene rings is 2. The van der Waals surface area contributed by atoms with Crippen molar-refractivity contribution in [2.45, 2.75) is 26.1 Å². The molecule has 0 bridgehead atoms. The zero-order valence-corrected chi connectivity index (χ0v) is 16.3. The first-order valence-electron chi connectivity index (χ1n) is 8.17. The van der Waals surface area contributed by atoms with Crippen molar-refractivity contribution in [3.05, 3.63) is 70.3 Å². The maximum absolute atomic E-state index is 12.4. The third-order valence-corrected chi connectivity index (χ3v) is 4.22. The SMILES string of the molecule is CC(C)(Oc1ccc(Cl)cc1)C(=O)OCc1cc(-c2ccc(Cl)cc2)on1. The van der Waals surface area contributed by atoms with Crippen LogP contribution in [0.5, 0.6) is 5.75 Å². The smallest absolute Gasteiger partial charge is 0.350 e. The van der Waals surface area contributed by atoms with Crippen LogP contribution in [0.2, 0.25) is 10.0 Å². The van der Waals surface area contributed by atoms with Crippen LogP contribution in [0.1, 0.15) is 19.5 Å². The summed E-state index contributed by atoms with van der Waals surface area (Å²) in [6.45, 7) is 3.24. The number of carbonyl (C=O) groups excluding carboxylic acids is 1. The lowest BCUT2D eigenvalue weighted by Crippen LogP contribution is -2.39. The summed E-state index contributed by atoms with van der Waals surface area (Å²) in [7, 11) is 0. The third-order valence-electron chi connectivity index (χ3n) is 3.72. The lowest BCUT2D eigenvalue weighted by molar-refractivity contribution is -0.160. The Kier molecular flexibility index (Phi) is 5.73. The molecule has 0 fully saturated rings. The normalized spacial score (nSPS) is 11.3. The van der Waals surface area contributed by atoms with E-state index in [-0.39, 0.29) is 6.61 Å². The maximum atomic E-state index is 12.4. The van der Waals surface area contributed by atoms with E-state index in [0.29, 0.717) is 27.2 Å². The molecule has 0 N–H and O–H groups in total. The summed E-state index contributed by atoms with van der Waals surface area (Å²) in [6.07, 6.45) is 0. The summed E-state index contributed by atoms with van der Waals surface area (Å²) < 4.78 is 16.3. The van der Waals surface area contributed by atoms with Crippen molar-refractivity contribution in [3.63, 3.8) is 0 Å². The third kappa shape index (κ3) is 5.02. The van der Waals surface area contributed by atoms with Crippen molar-refractivity contribution in [2.24, 2.45) is 0 Å². The maximum Gasteiger partial charge on any atom is 0.350 e. The Morgan fingerprint density at radius 2 is 1.63 bits per heavy atom. The number of halogens is 2. The Labute approximate surface area is 166 Å². The van der Waals surface area contributed by atoms with E-state index in [1.165, 1.54) is 0 Å². The summed E-state index contributed by atoms with van der Waals surface area (Å²) in [6, 6.07) is 15.6. The van der Waals surface area contributed by atoms with Gasteiger partial charge in [-0.1, -0.05) is 28.4 Å². The van der Waals surface area contributed by atoms with Gasteiger partial charge in [0.2, 0.25) is 0 Å². The second kappa shape index (κ2) is 8.03. The van der Waals surface area contributed by atoms with E-state index in [1.54, 1.807) is 56.3 Å². The van der Waals surface area contributed by atoms with Gasteiger partial charge in [-0.25, -0.2) is 4.79 Å². The van der Waals surface area contributed by atoms with Crippen molar-refractivity contribution in [3.8, 4) is 17.1 Å². The number of ether oxygens (including phenoxy) is 2. The predicted molar refractivity (Wildman–Crippen MR) is 103 cm³/mol. The highest BCUT2D eigenvalue weighted by atomic mass is 35.5. The number of esters is 1. The molecule has 0 atom stereocenters. The molecular formula is C20H17Cl2NO4. The Bertz CT molecular complexity index is 918. The molecule has 3 aromatic rings. The van der Waals surface area contributed by atoms with E-state index in [0.717, 1.165) is 5.56 Å². The van der Waals surface area contributed by atoms with E-state index in [9.17, 15) is 4.79 Å².